The second-order valence-electron chi connectivity index (χ2n) is 12.5. The first kappa shape index (κ1) is 34.8. The number of hydrogen-bond acceptors (Lipinski definition) is 6. The van der Waals surface area contributed by atoms with Crippen molar-refractivity contribution in [3.63, 3.8) is 0 Å². The monoisotopic (exact) mass is 690 g/mol. The molecule has 10 heteroatoms. The molecule has 0 aromatic heterocycles. The number of aliphatic hydroxyl groups is 2. The van der Waals surface area contributed by atoms with Gasteiger partial charge in [-0.1, -0.05) is 103 Å². The lowest BCUT2D eigenvalue weighted by atomic mass is 9.83. The van der Waals surface area contributed by atoms with Crippen molar-refractivity contribution in [1.29, 1.82) is 0 Å². The third-order valence-corrected chi connectivity index (χ3v) is 9.44. The summed E-state index contributed by atoms with van der Waals surface area (Å²) < 4.78 is 0. The van der Waals surface area contributed by atoms with Crippen LogP contribution in [0.2, 0.25) is 5.02 Å². The number of fused-ring (bicyclic) bond motifs is 1. The van der Waals surface area contributed by atoms with E-state index < -0.39 is 17.4 Å². The zero-order chi connectivity index (χ0) is 35.3. The molecule has 4 aromatic rings. The average molecular weight is 691 g/mol. The zero-order valence-electron chi connectivity index (χ0n) is 27.8. The summed E-state index contributed by atoms with van der Waals surface area (Å²) in [5.41, 5.74) is 3.20. The fourth-order valence-corrected chi connectivity index (χ4v) is 6.62. The van der Waals surface area contributed by atoms with E-state index in [9.17, 15) is 24.6 Å². The van der Waals surface area contributed by atoms with Crippen molar-refractivity contribution >= 4 is 46.4 Å². The topological polar surface area (TPSA) is 114 Å². The van der Waals surface area contributed by atoms with Crippen molar-refractivity contribution < 1.29 is 24.6 Å². The second kappa shape index (κ2) is 15.2. The maximum atomic E-state index is 14.1. The van der Waals surface area contributed by atoms with E-state index in [1.165, 1.54) is 9.91 Å². The number of benzene rings is 4. The van der Waals surface area contributed by atoms with Gasteiger partial charge in [0, 0.05) is 48.9 Å². The van der Waals surface area contributed by atoms with Gasteiger partial charge in [-0.25, -0.2) is 5.01 Å². The van der Waals surface area contributed by atoms with E-state index in [1.54, 1.807) is 54.3 Å². The number of hydrazone groups is 1. The van der Waals surface area contributed by atoms with E-state index >= 15 is 0 Å². The van der Waals surface area contributed by atoms with Crippen molar-refractivity contribution in [2.45, 2.75) is 44.9 Å². The summed E-state index contributed by atoms with van der Waals surface area (Å²) in [5.74, 6) is -1.48. The van der Waals surface area contributed by atoms with Crippen LogP contribution in [-0.2, 0) is 33.1 Å². The Balaban J connectivity index is 1.17. The Morgan fingerprint density at radius 2 is 1.66 bits per heavy atom. The van der Waals surface area contributed by atoms with Gasteiger partial charge < -0.3 is 20.0 Å². The van der Waals surface area contributed by atoms with Crippen LogP contribution in [0.3, 0.4) is 0 Å². The van der Waals surface area contributed by atoms with E-state index in [4.69, 9.17) is 11.6 Å². The molecule has 2 aliphatic heterocycles. The van der Waals surface area contributed by atoms with E-state index in [-0.39, 0.29) is 37.9 Å². The van der Waals surface area contributed by atoms with E-state index in [1.807, 2.05) is 72.8 Å². The van der Waals surface area contributed by atoms with Crippen molar-refractivity contribution in [1.82, 2.24) is 4.90 Å². The van der Waals surface area contributed by atoms with Crippen LogP contribution in [-0.4, -0.2) is 51.7 Å². The van der Waals surface area contributed by atoms with Gasteiger partial charge in [0.2, 0.25) is 11.8 Å². The quantitative estimate of drug-likeness (QED) is 0.172. The standard InChI is InChI=1S/C40H39ClN4O5/c1-28(9-8-14-37(47)43(23-24-46)26-29-10-4-2-5-11-29)40(50)34-25-32(41)17-21-36(34)44(39(40)49)27-30-15-18-33(19-16-30)45-38(48)22-20-35(42-45)31-12-6-3-7-13-31/h2-13,15-19,21,25,28,46,50H,14,20,22-24,26-27H2,1H3/b9-8+/t28-,40+/m0/s1. The Hall–Kier alpha value is -5.09. The normalized spacial score (nSPS) is 18.0. The van der Waals surface area contributed by atoms with Gasteiger partial charge >= 0.3 is 0 Å². The summed E-state index contributed by atoms with van der Waals surface area (Å²) in [6, 6.07) is 31.6. The third-order valence-electron chi connectivity index (χ3n) is 9.21. The molecular formula is C40H39ClN4O5. The van der Waals surface area contributed by atoms with Crippen LogP contribution in [0.4, 0.5) is 11.4 Å². The Morgan fingerprint density at radius 3 is 2.36 bits per heavy atom. The Morgan fingerprint density at radius 1 is 0.960 bits per heavy atom. The highest BCUT2D eigenvalue weighted by molar-refractivity contribution is 6.31. The minimum atomic E-state index is -1.92. The van der Waals surface area contributed by atoms with Crippen molar-refractivity contribution in [3.8, 4) is 0 Å². The number of amides is 3. The van der Waals surface area contributed by atoms with Crippen molar-refractivity contribution in [3.05, 3.63) is 143 Å². The molecular weight excluding hydrogens is 652 g/mol. The number of carbonyl (C=O) groups is 3. The van der Waals surface area contributed by atoms with Crippen LogP contribution >= 0.6 is 11.6 Å². The second-order valence-corrected chi connectivity index (χ2v) is 13.0. The first-order chi connectivity index (χ1) is 24.2. The molecule has 3 amide bonds. The largest absolute Gasteiger partial charge is 0.395 e. The Bertz CT molecular complexity index is 1920. The summed E-state index contributed by atoms with van der Waals surface area (Å²) in [5, 5.41) is 28.1. The molecule has 0 aliphatic carbocycles. The van der Waals surface area contributed by atoms with Gasteiger partial charge in [-0.05, 0) is 47.0 Å². The van der Waals surface area contributed by atoms with Gasteiger partial charge in [-0.2, -0.15) is 5.10 Å². The number of nitrogens with zero attached hydrogens (tertiary/aromatic N) is 4. The molecule has 0 saturated carbocycles. The average Bonchev–Trinajstić information content (AvgIpc) is 3.34. The number of carbonyl (C=O) groups excluding carboxylic acids is 3. The third kappa shape index (κ3) is 7.26. The SMILES string of the molecule is C[C@@H](/C=C/CC(=O)N(CCO)Cc1ccccc1)[C@]1(O)C(=O)N(Cc2ccc(N3N=C(c4ccccc4)CCC3=O)cc2)c2ccc(Cl)cc21. The summed E-state index contributed by atoms with van der Waals surface area (Å²) in [7, 11) is 0. The fourth-order valence-electron chi connectivity index (χ4n) is 6.45. The first-order valence-electron chi connectivity index (χ1n) is 16.7. The molecule has 50 heavy (non-hydrogen) atoms. The molecule has 0 fully saturated rings. The lowest BCUT2D eigenvalue weighted by Crippen LogP contribution is -2.44. The highest BCUT2D eigenvalue weighted by Crippen LogP contribution is 2.46. The van der Waals surface area contributed by atoms with Gasteiger partial charge in [0.15, 0.2) is 5.60 Å². The van der Waals surface area contributed by atoms with Crippen molar-refractivity contribution in [2.24, 2.45) is 11.0 Å². The molecule has 0 spiro atoms. The molecule has 6 rings (SSSR count). The Labute approximate surface area is 296 Å². The van der Waals surface area contributed by atoms with Crippen LogP contribution in [0, 0.1) is 5.92 Å². The smallest absolute Gasteiger partial charge is 0.264 e. The Kier molecular flexibility index (Phi) is 10.6. The zero-order valence-corrected chi connectivity index (χ0v) is 28.5. The minimum Gasteiger partial charge on any atom is -0.395 e. The van der Waals surface area contributed by atoms with Crippen LogP contribution < -0.4 is 9.91 Å². The highest BCUT2D eigenvalue weighted by Gasteiger charge is 2.52. The molecule has 2 aliphatic rings. The molecule has 0 radical (unpaired) electrons. The lowest BCUT2D eigenvalue weighted by Gasteiger charge is -2.28. The van der Waals surface area contributed by atoms with E-state index in [2.05, 4.69) is 5.10 Å². The summed E-state index contributed by atoms with van der Waals surface area (Å²) in [6.45, 7) is 2.30. The minimum absolute atomic E-state index is 0.0380. The molecule has 2 N–H and O–H groups in total. The van der Waals surface area contributed by atoms with Crippen LogP contribution in [0.15, 0.2) is 120 Å². The molecule has 9 nitrogen and oxygen atoms in total. The van der Waals surface area contributed by atoms with Crippen molar-refractivity contribution in [2.75, 3.05) is 23.1 Å². The predicted molar refractivity (Wildman–Crippen MR) is 195 cm³/mol. The highest BCUT2D eigenvalue weighted by atomic mass is 35.5. The van der Waals surface area contributed by atoms with E-state index in [0.29, 0.717) is 41.3 Å². The summed E-state index contributed by atoms with van der Waals surface area (Å²) in [4.78, 5) is 43.1. The maximum Gasteiger partial charge on any atom is 0.264 e. The molecule has 0 bridgehead atoms. The molecule has 4 aromatic carbocycles. The summed E-state index contributed by atoms with van der Waals surface area (Å²) in [6.07, 6.45) is 4.30. The van der Waals surface area contributed by atoms with Gasteiger partial charge in [0.05, 0.1) is 30.2 Å². The van der Waals surface area contributed by atoms with Gasteiger partial charge in [-0.15, -0.1) is 0 Å². The fraction of sp³-hybridized carbons (Fsp3) is 0.250. The maximum absolute atomic E-state index is 14.1. The molecule has 0 unspecified atom stereocenters. The number of rotatable bonds is 12. The predicted octanol–water partition coefficient (Wildman–Crippen LogP) is 6.21. The lowest BCUT2D eigenvalue weighted by molar-refractivity contribution is -0.139. The molecule has 256 valence electrons. The van der Waals surface area contributed by atoms with Gasteiger partial charge in [0.25, 0.3) is 5.91 Å². The first-order valence-corrected chi connectivity index (χ1v) is 17.0. The van der Waals surface area contributed by atoms with Gasteiger partial charge in [-0.3, -0.25) is 14.4 Å². The number of halogens is 1. The number of hydrogen-bond donors (Lipinski definition) is 2. The van der Waals surface area contributed by atoms with E-state index in [0.717, 1.165) is 22.4 Å². The molecule has 2 heterocycles. The number of aliphatic hydroxyl groups excluding tert-OH is 1. The molecule has 2 atom stereocenters. The van der Waals surface area contributed by atoms with Crippen LogP contribution in [0.1, 0.15) is 48.4 Å². The van der Waals surface area contributed by atoms with Gasteiger partial charge in [0.1, 0.15) is 0 Å². The summed E-state index contributed by atoms with van der Waals surface area (Å²) >= 11 is 6.37. The van der Waals surface area contributed by atoms with Crippen LogP contribution in [0.25, 0.3) is 0 Å². The molecule has 0 saturated heterocycles. The van der Waals surface area contributed by atoms with Crippen LogP contribution in [0.5, 0.6) is 0 Å². The number of anilines is 2.